The van der Waals surface area contributed by atoms with E-state index in [0.717, 1.165) is 10.8 Å². The molecule has 2 aromatic carbocycles. The zero-order chi connectivity index (χ0) is 24.2. The van der Waals surface area contributed by atoms with Gasteiger partial charge in [-0.25, -0.2) is 18.8 Å². The molecule has 1 aliphatic heterocycles. The number of hydrogen-bond acceptors (Lipinski definition) is 7. The van der Waals surface area contributed by atoms with Gasteiger partial charge in [0.25, 0.3) is 5.56 Å². The van der Waals surface area contributed by atoms with Crippen LogP contribution in [0.25, 0.3) is 0 Å². The Hall–Kier alpha value is -4.05. The number of halogens is 1. The largest absolute Gasteiger partial charge is 0.459 e. The van der Waals surface area contributed by atoms with Gasteiger partial charge in [-0.3, -0.25) is 14.3 Å². The lowest BCUT2D eigenvalue weighted by molar-refractivity contribution is -0.0592. The van der Waals surface area contributed by atoms with E-state index in [-0.39, 0.29) is 16.7 Å². The second-order valence-electron chi connectivity index (χ2n) is 7.69. The maximum atomic E-state index is 15.5. The number of hydrogen-bond donors (Lipinski definition) is 1. The van der Waals surface area contributed by atoms with Gasteiger partial charge in [0.1, 0.15) is 12.7 Å². The first kappa shape index (κ1) is 23.1. The standard InChI is InChI=1S/C24H21FN2O7/c1-14-12-27(24(31)26-20(14)28)21-18(25)19(34-23(30)16-10-6-3-7-11-16)17(33-21)13-32-22(29)15-8-4-2-5-9-15/h2-12,17-19,21H,13H2,1H3,(H,26,28,31)/t17-,18+,19-,21?/m0/s1. The predicted molar refractivity (Wildman–Crippen MR) is 117 cm³/mol. The first-order chi connectivity index (χ1) is 16.3. The highest BCUT2D eigenvalue weighted by atomic mass is 19.1. The number of carbonyl (C=O) groups excluding carboxylic acids is 2. The Labute approximate surface area is 192 Å². The zero-order valence-electron chi connectivity index (χ0n) is 18.1. The predicted octanol–water partition coefficient (Wildman–Crippen LogP) is 2.16. The lowest BCUT2D eigenvalue weighted by Crippen LogP contribution is -2.38. The van der Waals surface area contributed by atoms with Crippen LogP contribution in [0.4, 0.5) is 4.39 Å². The van der Waals surface area contributed by atoms with Crippen LogP contribution in [0.5, 0.6) is 0 Å². The van der Waals surface area contributed by atoms with E-state index in [0.29, 0.717) is 0 Å². The molecule has 0 saturated carbocycles. The van der Waals surface area contributed by atoms with E-state index >= 15 is 4.39 Å². The molecule has 0 spiro atoms. The number of alkyl halides is 1. The summed E-state index contributed by atoms with van der Waals surface area (Å²) in [7, 11) is 0. The van der Waals surface area contributed by atoms with Crippen molar-refractivity contribution in [2.45, 2.75) is 31.5 Å². The van der Waals surface area contributed by atoms with Gasteiger partial charge < -0.3 is 14.2 Å². The van der Waals surface area contributed by atoms with Crippen LogP contribution in [0, 0.1) is 6.92 Å². The molecule has 1 unspecified atom stereocenters. The smallest absolute Gasteiger partial charge is 0.338 e. The second-order valence-corrected chi connectivity index (χ2v) is 7.69. The van der Waals surface area contributed by atoms with Gasteiger partial charge in [-0.1, -0.05) is 36.4 Å². The summed E-state index contributed by atoms with van der Waals surface area (Å²) >= 11 is 0. The van der Waals surface area contributed by atoms with Crippen molar-refractivity contribution in [3.8, 4) is 0 Å². The molecule has 1 aromatic heterocycles. The van der Waals surface area contributed by atoms with Crippen molar-refractivity contribution >= 4 is 11.9 Å². The summed E-state index contributed by atoms with van der Waals surface area (Å²) < 4.78 is 32.7. The number of aromatic amines is 1. The monoisotopic (exact) mass is 468 g/mol. The molecule has 9 nitrogen and oxygen atoms in total. The van der Waals surface area contributed by atoms with Crippen LogP contribution in [0.1, 0.15) is 32.5 Å². The second kappa shape index (κ2) is 9.84. The lowest BCUT2D eigenvalue weighted by atomic mass is 10.1. The number of aromatic nitrogens is 2. The molecule has 10 heteroatoms. The average molecular weight is 468 g/mol. The number of benzene rings is 2. The Balaban J connectivity index is 1.59. The van der Waals surface area contributed by atoms with Gasteiger partial charge in [0, 0.05) is 11.8 Å². The minimum Gasteiger partial charge on any atom is -0.459 e. The average Bonchev–Trinajstić information content (AvgIpc) is 3.15. The van der Waals surface area contributed by atoms with E-state index in [1.165, 1.54) is 19.1 Å². The summed E-state index contributed by atoms with van der Waals surface area (Å²) in [5, 5.41) is 0. The van der Waals surface area contributed by atoms with Gasteiger partial charge in [0.05, 0.1) is 11.1 Å². The topological polar surface area (TPSA) is 117 Å². The Morgan fingerprint density at radius 1 is 1.00 bits per heavy atom. The Morgan fingerprint density at radius 3 is 2.21 bits per heavy atom. The van der Waals surface area contributed by atoms with Crippen LogP contribution in [-0.2, 0) is 14.2 Å². The minimum absolute atomic E-state index is 0.159. The molecule has 0 bridgehead atoms. The molecule has 1 fully saturated rings. The van der Waals surface area contributed by atoms with E-state index in [1.54, 1.807) is 48.5 Å². The number of H-pyrrole nitrogens is 1. The number of ether oxygens (including phenoxy) is 3. The van der Waals surface area contributed by atoms with Gasteiger partial charge in [0.2, 0.25) is 0 Å². The van der Waals surface area contributed by atoms with Crippen molar-refractivity contribution in [3.05, 3.63) is 104 Å². The summed E-state index contributed by atoms with van der Waals surface area (Å²) in [6, 6.07) is 16.1. The lowest BCUT2D eigenvalue weighted by Gasteiger charge is -2.19. The van der Waals surface area contributed by atoms with Gasteiger partial charge in [-0.15, -0.1) is 0 Å². The first-order valence-electron chi connectivity index (χ1n) is 10.4. The third-order valence-corrected chi connectivity index (χ3v) is 5.33. The van der Waals surface area contributed by atoms with Crippen LogP contribution in [0.3, 0.4) is 0 Å². The molecular formula is C24H21FN2O7. The number of rotatable bonds is 6. The molecule has 2 heterocycles. The Morgan fingerprint density at radius 2 is 1.59 bits per heavy atom. The van der Waals surface area contributed by atoms with Crippen LogP contribution >= 0.6 is 0 Å². The van der Waals surface area contributed by atoms with Crippen molar-refractivity contribution in [1.82, 2.24) is 9.55 Å². The van der Waals surface area contributed by atoms with Crippen LogP contribution < -0.4 is 11.2 Å². The van der Waals surface area contributed by atoms with Crippen LogP contribution in [0.15, 0.2) is 76.4 Å². The molecule has 4 atom stereocenters. The van der Waals surface area contributed by atoms with E-state index in [9.17, 15) is 19.2 Å². The van der Waals surface area contributed by atoms with Gasteiger partial charge >= 0.3 is 17.6 Å². The molecule has 0 radical (unpaired) electrons. The van der Waals surface area contributed by atoms with Crippen molar-refractivity contribution < 1.29 is 28.2 Å². The number of carbonyl (C=O) groups is 2. The maximum Gasteiger partial charge on any atom is 0.338 e. The number of esters is 2. The summed E-state index contributed by atoms with van der Waals surface area (Å²) in [5.74, 6) is -1.48. The number of nitrogens with zero attached hydrogens (tertiary/aromatic N) is 1. The molecule has 176 valence electrons. The number of aryl methyl sites for hydroxylation is 1. The molecule has 0 aliphatic carbocycles. The highest BCUT2D eigenvalue weighted by Gasteiger charge is 2.49. The molecule has 4 rings (SSSR count). The molecule has 1 saturated heterocycles. The molecule has 0 amide bonds. The quantitative estimate of drug-likeness (QED) is 0.551. The highest BCUT2D eigenvalue weighted by Crippen LogP contribution is 2.34. The van der Waals surface area contributed by atoms with Crippen molar-refractivity contribution in [3.63, 3.8) is 0 Å². The van der Waals surface area contributed by atoms with Crippen LogP contribution in [0.2, 0.25) is 0 Å². The van der Waals surface area contributed by atoms with Crippen LogP contribution in [-0.4, -0.2) is 46.5 Å². The van der Waals surface area contributed by atoms with Crippen molar-refractivity contribution in [1.29, 1.82) is 0 Å². The third kappa shape index (κ3) is 4.81. The summed E-state index contributed by atoms with van der Waals surface area (Å²) in [6.07, 6.45) is -5.04. The molecular weight excluding hydrogens is 447 g/mol. The SMILES string of the molecule is Cc1cn(C2O[C@@H](COC(=O)c3ccccc3)[C@H](OC(=O)c3ccccc3)[C@H]2F)c(=O)[nH]c1=O. The maximum absolute atomic E-state index is 15.5. The van der Waals surface area contributed by atoms with Gasteiger partial charge in [0.15, 0.2) is 18.5 Å². The zero-order valence-corrected chi connectivity index (χ0v) is 18.1. The van der Waals surface area contributed by atoms with Gasteiger partial charge in [-0.2, -0.15) is 0 Å². The summed E-state index contributed by atoms with van der Waals surface area (Å²) in [4.78, 5) is 51.0. The van der Waals surface area contributed by atoms with Crippen molar-refractivity contribution in [2.75, 3.05) is 6.61 Å². The third-order valence-electron chi connectivity index (χ3n) is 5.33. The minimum atomic E-state index is -1.99. The molecule has 34 heavy (non-hydrogen) atoms. The highest BCUT2D eigenvalue weighted by molar-refractivity contribution is 5.90. The first-order valence-corrected chi connectivity index (χ1v) is 10.4. The Bertz CT molecular complexity index is 1290. The fraction of sp³-hybridized carbons (Fsp3) is 0.250. The van der Waals surface area contributed by atoms with E-state index in [1.807, 2.05) is 0 Å². The molecule has 3 aromatic rings. The van der Waals surface area contributed by atoms with E-state index < -0.39 is 54.4 Å². The fourth-order valence-electron chi connectivity index (χ4n) is 3.55. The molecule has 1 aliphatic rings. The summed E-state index contributed by atoms with van der Waals surface area (Å²) in [6.45, 7) is 1.01. The van der Waals surface area contributed by atoms with Crippen molar-refractivity contribution in [2.24, 2.45) is 0 Å². The molecule has 1 N–H and O–H groups in total. The summed E-state index contributed by atoms with van der Waals surface area (Å²) in [5.41, 5.74) is -0.880. The Kier molecular flexibility index (Phi) is 6.69. The number of nitrogens with one attached hydrogen (secondary N) is 1. The van der Waals surface area contributed by atoms with E-state index in [2.05, 4.69) is 4.98 Å². The van der Waals surface area contributed by atoms with E-state index in [4.69, 9.17) is 14.2 Å². The fourth-order valence-corrected chi connectivity index (χ4v) is 3.55. The normalized spacial score (nSPS) is 21.7. The van der Waals surface area contributed by atoms with Gasteiger partial charge in [-0.05, 0) is 31.2 Å².